The van der Waals surface area contributed by atoms with E-state index in [1.165, 1.54) is 15.9 Å². The number of rotatable bonds is 1. The van der Waals surface area contributed by atoms with Crippen LogP contribution in [0.25, 0.3) is 0 Å². The van der Waals surface area contributed by atoms with Crippen LogP contribution in [0.4, 0.5) is 19.0 Å². The van der Waals surface area contributed by atoms with Crippen LogP contribution < -0.4 is 4.90 Å². The fraction of sp³-hybridized carbons (Fsp3) is 0.545. The molecular formula is C11H12ClF3N4O. The number of halogens is 4. The summed E-state index contributed by atoms with van der Waals surface area (Å²) in [6.07, 6.45) is -4.03. The molecule has 1 amide bonds. The fourth-order valence-corrected chi connectivity index (χ4v) is 2.05. The molecule has 0 unspecified atom stereocenters. The van der Waals surface area contributed by atoms with Crippen molar-refractivity contribution in [2.24, 2.45) is 0 Å². The molecule has 110 valence electrons. The van der Waals surface area contributed by atoms with Crippen molar-refractivity contribution in [2.45, 2.75) is 12.6 Å². The monoisotopic (exact) mass is 308 g/mol. The molecule has 0 aliphatic carbocycles. The minimum atomic E-state index is -4.67. The van der Waals surface area contributed by atoms with E-state index >= 15 is 0 Å². The average Bonchev–Trinajstić information content (AvgIpc) is 2.50. The lowest BCUT2D eigenvalue weighted by Crippen LogP contribution is -2.35. The van der Waals surface area contributed by atoms with E-state index in [2.05, 4.69) is 9.97 Å². The minimum absolute atomic E-state index is 0.0148. The number of carbonyl (C=O) groups is 1. The van der Waals surface area contributed by atoms with Gasteiger partial charge in [-0.25, -0.2) is 9.97 Å². The van der Waals surface area contributed by atoms with Gasteiger partial charge in [0.25, 0.3) is 0 Å². The van der Waals surface area contributed by atoms with Gasteiger partial charge in [-0.2, -0.15) is 13.2 Å². The van der Waals surface area contributed by atoms with Crippen LogP contribution in [-0.4, -0.2) is 47.5 Å². The molecule has 0 N–H and O–H groups in total. The number of hydrogen-bond donors (Lipinski definition) is 0. The van der Waals surface area contributed by atoms with E-state index in [0.717, 1.165) is 0 Å². The third-order valence-electron chi connectivity index (χ3n) is 2.93. The first-order valence-corrected chi connectivity index (χ1v) is 6.26. The summed E-state index contributed by atoms with van der Waals surface area (Å²) >= 11 is 5.61. The van der Waals surface area contributed by atoms with Crippen molar-refractivity contribution in [3.05, 3.63) is 17.0 Å². The maximum absolute atomic E-state index is 12.7. The summed E-state index contributed by atoms with van der Waals surface area (Å²) < 4.78 is 38.0. The van der Waals surface area contributed by atoms with Gasteiger partial charge in [0, 0.05) is 26.2 Å². The molecule has 0 spiro atoms. The average molecular weight is 309 g/mol. The highest BCUT2D eigenvalue weighted by molar-refractivity contribution is 6.29. The topological polar surface area (TPSA) is 49.3 Å². The fourth-order valence-electron chi connectivity index (χ4n) is 1.88. The maximum Gasteiger partial charge on any atom is 0.451 e. The lowest BCUT2D eigenvalue weighted by Gasteiger charge is -2.21. The Kier molecular flexibility index (Phi) is 4.03. The van der Waals surface area contributed by atoms with Crippen LogP contribution in [0.15, 0.2) is 6.07 Å². The van der Waals surface area contributed by atoms with E-state index in [4.69, 9.17) is 11.6 Å². The summed E-state index contributed by atoms with van der Waals surface area (Å²) in [6.45, 7) is 0.960. The van der Waals surface area contributed by atoms with E-state index < -0.39 is 12.0 Å². The Hall–Kier alpha value is -1.57. The molecule has 1 aromatic rings. The lowest BCUT2D eigenvalue weighted by molar-refractivity contribution is -0.144. The molecule has 2 heterocycles. The predicted octanol–water partition coefficient (Wildman–Crippen LogP) is 1.82. The van der Waals surface area contributed by atoms with Crippen molar-refractivity contribution in [3.63, 3.8) is 0 Å². The van der Waals surface area contributed by atoms with E-state index in [1.54, 1.807) is 7.05 Å². The smallest absolute Gasteiger partial charge is 0.347 e. The molecule has 0 atom stereocenters. The zero-order valence-corrected chi connectivity index (χ0v) is 11.4. The van der Waals surface area contributed by atoms with E-state index in [9.17, 15) is 18.0 Å². The van der Waals surface area contributed by atoms with Gasteiger partial charge in [0.2, 0.25) is 11.7 Å². The molecule has 1 aliphatic heterocycles. The second kappa shape index (κ2) is 5.43. The molecule has 20 heavy (non-hydrogen) atoms. The Morgan fingerprint density at radius 1 is 1.30 bits per heavy atom. The summed E-state index contributed by atoms with van der Waals surface area (Å²) in [4.78, 5) is 21.4. The SMILES string of the molecule is CN1CCCN(c2cc(Cl)nc(C(F)(F)F)n2)CC1=O. The number of aromatic nitrogens is 2. The van der Waals surface area contributed by atoms with Crippen LogP contribution in [0.3, 0.4) is 0 Å². The highest BCUT2D eigenvalue weighted by atomic mass is 35.5. The molecule has 1 fully saturated rings. The molecule has 9 heteroatoms. The van der Waals surface area contributed by atoms with Crippen molar-refractivity contribution >= 4 is 23.3 Å². The quantitative estimate of drug-likeness (QED) is 0.743. The molecule has 0 saturated carbocycles. The normalized spacial score (nSPS) is 17.4. The third-order valence-corrected chi connectivity index (χ3v) is 3.13. The number of hydrogen-bond acceptors (Lipinski definition) is 4. The van der Waals surface area contributed by atoms with Gasteiger partial charge in [0.15, 0.2) is 0 Å². The summed E-state index contributed by atoms with van der Waals surface area (Å²) in [5.41, 5.74) is 0. The second-order valence-corrected chi connectivity index (χ2v) is 4.85. The summed E-state index contributed by atoms with van der Waals surface area (Å²) in [5, 5.41) is -0.299. The summed E-state index contributed by atoms with van der Waals surface area (Å²) in [7, 11) is 1.65. The van der Waals surface area contributed by atoms with Crippen LogP contribution in [0.5, 0.6) is 0 Å². The molecular weight excluding hydrogens is 297 g/mol. The lowest BCUT2D eigenvalue weighted by atomic mass is 10.3. The summed E-state index contributed by atoms with van der Waals surface area (Å²) in [6, 6.07) is 1.23. The number of amides is 1. The molecule has 1 saturated heterocycles. The molecule has 0 bridgehead atoms. The van der Waals surface area contributed by atoms with Gasteiger partial charge >= 0.3 is 6.18 Å². The number of nitrogens with zero attached hydrogens (tertiary/aromatic N) is 4. The molecule has 0 radical (unpaired) electrons. The van der Waals surface area contributed by atoms with Gasteiger partial charge in [-0.1, -0.05) is 11.6 Å². The number of alkyl halides is 3. The standard InChI is InChI=1S/C11H12ClF3N4O/c1-18-3-2-4-19(6-9(18)20)8-5-7(12)16-10(17-8)11(13,14)15/h5H,2-4,6H2,1H3. The van der Waals surface area contributed by atoms with Crippen molar-refractivity contribution in [1.82, 2.24) is 14.9 Å². The van der Waals surface area contributed by atoms with E-state index in [0.29, 0.717) is 19.5 Å². The molecule has 5 nitrogen and oxygen atoms in total. The van der Waals surface area contributed by atoms with Crippen LogP contribution in [-0.2, 0) is 11.0 Å². The first-order valence-electron chi connectivity index (χ1n) is 5.88. The minimum Gasteiger partial charge on any atom is -0.347 e. The van der Waals surface area contributed by atoms with Crippen LogP contribution in [0.1, 0.15) is 12.2 Å². The van der Waals surface area contributed by atoms with Gasteiger partial charge in [0.05, 0.1) is 6.54 Å². The Balaban J connectivity index is 2.32. The Bertz CT molecular complexity index is 523. The van der Waals surface area contributed by atoms with Crippen LogP contribution >= 0.6 is 11.6 Å². The predicted molar refractivity (Wildman–Crippen MR) is 66.5 cm³/mol. The Labute approximate surface area is 118 Å². The van der Waals surface area contributed by atoms with Crippen molar-refractivity contribution in [3.8, 4) is 0 Å². The number of carbonyl (C=O) groups excluding carboxylic acids is 1. The maximum atomic E-state index is 12.7. The van der Waals surface area contributed by atoms with Gasteiger partial charge in [-0.3, -0.25) is 4.79 Å². The van der Waals surface area contributed by atoms with Gasteiger partial charge < -0.3 is 9.80 Å². The molecule has 1 aromatic heterocycles. The zero-order chi connectivity index (χ0) is 14.9. The van der Waals surface area contributed by atoms with Crippen LogP contribution in [0, 0.1) is 0 Å². The van der Waals surface area contributed by atoms with Gasteiger partial charge in [0.1, 0.15) is 11.0 Å². The van der Waals surface area contributed by atoms with Crippen LogP contribution in [0.2, 0.25) is 5.15 Å². The third kappa shape index (κ3) is 3.30. The number of anilines is 1. The number of likely N-dealkylation sites (N-methyl/N-ethyl adjacent to an activating group) is 1. The first kappa shape index (κ1) is 14.8. The second-order valence-electron chi connectivity index (χ2n) is 4.46. The molecule has 1 aliphatic rings. The largest absolute Gasteiger partial charge is 0.451 e. The van der Waals surface area contributed by atoms with Gasteiger partial charge in [-0.05, 0) is 6.42 Å². The zero-order valence-electron chi connectivity index (χ0n) is 10.6. The summed E-state index contributed by atoms with van der Waals surface area (Å²) in [5.74, 6) is -1.46. The van der Waals surface area contributed by atoms with Crippen molar-refractivity contribution in [1.29, 1.82) is 0 Å². The molecule has 0 aromatic carbocycles. The van der Waals surface area contributed by atoms with E-state index in [-0.39, 0.29) is 23.4 Å². The Morgan fingerprint density at radius 2 is 2.00 bits per heavy atom. The Morgan fingerprint density at radius 3 is 2.65 bits per heavy atom. The van der Waals surface area contributed by atoms with Crippen molar-refractivity contribution < 1.29 is 18.0 Å². The van der Waals surface area contributed by atoms with Crippen molar-refractivity contribution in [2.75, 3.05) is 31.6 Å². The van der Waals surface area contributed by atoms with Gasteiger partial charge in [-0.15, -0.1) is 0 Å². The van der Waals surface area contributed by atoms with E-state index in [1.807, 2.05) is 0 Å². The highest BCUT2D eigenvalue weighted by Gasteiger charge is 2.36. The molecule has 2 rings (SSSR count). The first-order chi connectivity index (χ1) is 9.27. The highest BCUT2D eigenvalue weighted by Crippen LogP contribution is 2.29.